The lowest BCUT2D eigenvalue weighted by molar-refractivity contribution is -0.127. The Bertz CT molecular complexity index is 497. The van der Waals surface area contributed by atoms with E-state index in [1.54, 1.807) is 0 Å². The molecule has 1 fully saturated rings. The normalized spacial score (nSPS) is 22.8. The van der Waals surface area contributed by atoms with Gasteiger partial charge < -0.3 is 10.1 Å². The summed E-state index contributed by atoms with van der Waals surface area (Å²) in [5.41, 5.74) is 1.03. The molecule has 0 radical (unpaired) electrons. The third-order valence-corrected chi connectivity index (χ3v) is 4.49. The molecule has 0 saturated heterocycles. The molecule has 1 aliphatic heterocycles. The van der Waals surface area contributed by atoms with Crippen LogP contribution in [0, 0.1) is 5.92 Å². The van der Waals surface area contributed by atoms with E-state index in [-0.39, 0.29) is 11.8 Å². The van der Waals surface area contributed by atoms with E-state index in [1.807, 2.05) is 18.2 Å². The number of nitrogens with one attached hydrogen (secondary N) is 1. The summed E-state index contributed by atoms with van der Waals surface area (Å²) in [5, 5.41) is 3.88. The standard InChI is InChI=1S/C16H20ClNO2/c17-13-6-7-15-11(9-13)8-12(10-20-15)16(19)18-14-4-2-1-3-5-14/h6-7,9,12,14H,1-5,8,10H2,(H,18,19)/t12-/m1/s1. The first kappa shape index (κ1) is 13.7. The van der Waals surface area contributed by atoms with Gasteiger partial charge >= 0.3 is 0 Å². The van der Waals surface area contributed by atoms with Crippen LogP contribution in [0.25, 0.3) is 0 Å². The minimum absolute atomic E-state index is 0.0945. The molecule has 1 atom stereocenters. The molecular formula is C16H20ClNO2. The van der Waals surface area contributed by atoms with Crippen LogP contribution >= 0.6 is 11.6 Å². The van der Waals surface area contributed by atoms with Crippen LogP contribution in [0.2, 0.25) is 5.02 Å². The Hall–Kier alpha value is -1.22. The van der Waals surface area contributed by atoms with Crippen molar-refractivity contribution in [1.82, 2.24) is 5.32 Å². The number of fused-ring (bicyclic) bond motifs is 1. The van der Waals surface area contributed by atoms with Crippen LogP contribution < -0.4 is 10.1 Å². The number of rotatable bonds is 2. The predicted octanol–water partition coefficient (Wildman–Crippen LogP) is 3.34. The Labute approximate surface area is 124 Å². The van der Waals surface area contributed by atoms with Crippen molar-refractivity contribution in [1.29, 1.82) is 0 Å². The van der Waals surface area contributed by atoms with Crippen molar-refractivity contribution >= 4 is 17.5 Å². The van der Waals surface area contributed by atoms with Gasteiger partial charge in [0.25, 0.3) is 0 Å². The molecule has 2 aliphatic rings. The smallest absolute Gasteiger partial charge is 0.227 e. The number of hydrogen-bond donors (Lipinski definition) is 1. The van der Waals surface area contributed by atoms with Gasteiger partial charge in [0.15, 0.2) is 0 Å². The van der Waals surface area contributed by atoms with E-state index in [2.05, 4.69) is 5.32 Å². The maximum atomic E-state index is 12.3. The molecular weight excluding hydrogens is 274 g/mol. The number of carbonyl (C=O) groups is 1. The molecule has 1 amide bonds. The molecule has 1 aromatic carbocycles. The summed E-state index contributed by atoms with van der Waals surface area (Å²) < 4.78 is 5.68. The van der Waals surface area contributed by atoms with Crippen molar-refractivity contribution in [2.75, 3.05) is 6.61 Å². The highest BCUT2D eigenvalue weighted by molar-refractivity contribution is 6.30. The number of carbonyl (C=O) groups excluding carboxylic acids is 1. The van der Waals surface area contributed by atoms with Crippen molar-refractivity contribution < 1.29 is 9.53 Å². The van der Waals surface area contributed by atoms with Crippen LogP contribution in [0.5, 0.6) is 5.75 Å². The van der Waals surface area contributed by atoms with Gasteiger partial charge in [-0.25, -0.2) is 0 Å². The van der Waals surface area contributed by atoms with Crippen molar-refractivity contribution in [2.45, 2.75) is 44.6 Å². The molecule has 1 aliphatic carbocycles. The largest absolute Gasteiger partial charge is 0.492 e. The fourth-order valence-electron chi connectivity index (χ4n) is 3.10. The predicted molar refractivity (Wildman–Crippen MR) is 79.2 cm³/mol. The number of halogens is 1. The Morgan fingerprint density at radius 2 is 2.05 bits per heavy atom. The molecule has 1 aromatic rings. The zero-order chi connectivity index (χ0) is 13.9. The molecule has 3 nitrogen and oxygen atoms in total. The zero-order valence-corrected chi connectivity index (χ0v) is 12.3. The summed E-state index contributed by atoms with van der Waals surface area (Å²) in [7, 11) is 0. The third-order valence-electron chi connectivity index (χ3n) is 4.25. The molecule has 0 spiro atoms. The van der Waals surface area contributed by atoms with Crippen LogP contribution in [-0.2, 0) is 11.2 Å². The van der Waals surface area contributed by atoms with Gasteiger partial charge in [-0.2, -0.15) is 0 Å². The summed E-state index contributed by atoms with van der Waals surface area (Å²) in [6.45, 7) is 0.465. The van der Waals surface area contributed by atoms with Crippen LogP contribution in [-0.4, -0.2) is 18.6 Å². The lowest BCUT2D eigenvalue weighted by Gasteiger charge is -2.28. The Kier molecular flexibility index (Phi) is 4.16. The second-order valence-corrected chi connectivity index (χ2v) is 6.24. The van der Waals surface area contributed by atoms with Gasteiger partial charge in [0.1, 0.15) is 12.4 Å². The molecule has 1 N–H and O–H groups in total. The van der Waals surface area contributed by atoms with Crippen LogP contribution in [0.3, 0.4) is 0 Å². The summed E-state index contributed by atoms with van der Waals surface area (Å²) in [4.78, 5) is 12.3. The molecule has 0 bridgehead atoms. The van der Waals surface area contributed by atoms with E-state index in [4.69, 9.17) is 16.3 Å². The van der Waals surface area contributed by atoms with E-state index < -0.39 is 0 Å². The number of ether oxygens (including phenoxy) is 1. The van der Waals surface area contributed by atoms with Crippen LogP contribution in [0.15, 0.2) is 18.2 Å². The second-order valence-electron chi connectivity index (χ2n) is 5.81. The molecule has 1 saturated carbocycles. The minimum atomic E-state index is -0.0945. The third kappa shape index (κ3) is 3.09. The first-order valence-corrected chi connectivity index (χ1v) is 7.82. The summed E-state index contributed by atoms with van der Waals surface area (Å²) >= 11 is 6.00. The first-order chi connectivity index (χ1) is 9.72. The van der Waals surface area contributed by atoms with E-state index in [0.29, 0.717) is 24.1 Å². The van der Waals surface area contributed by atoms with Gasteiger partial charge in [0.2, 0.25) is 5.91 Å². The van der Waals surface area contributed by atoms with Gasteiger partial charge in [-0.1, -0.05) is 30.9 Å². The zero-order valence-electron chi connectivity index (χ0n) is 11.5. The SMILES string of the molecule is O=C(NC1CCCCC1)[C@H]1COc2ccc(Cl)cc2C1. The fourth-order valence-corrected chi connectivity index (χ4v) is 3.29. The number of amides is 1. The van der Waals surface area contributed by atoms with E-state index in [9.17, 15) is 4.79 Å². The lowest BCUT2D eigenvalue weighted by atomic mass is 9.93. The quantitative estimate of drug-likeness (QED) is 0.908. The van der Waals surface area contributed by atoms with Crippen molar-refractivity contribution in [3.05, 3.63) is 28.8 Å². The number of benzene rings is 1. The van der Waals surface area contributed by atoms with E-state index in [0.717, 1.165) is 24.2 Å². The highest BCUT2D eigenvalue weighted by Crippen LogP contribution is 2.30. The monoisotopic (exact) mass is 293 g/mol. The van der Waals surface area contributed by atoms with Crippen molar-refractivity contribution in [2.24, 2.45) is 5.92 Å². The van der Waals surface area contributed by atoms with E-state index >= 15 is 0 Å². The molecule has 4 heteroatoms. The Balaban J connectivity index is 1.62. The van der Waals surface area contributed by atoms with Crippen LogP contribution in [0.1, 0.15) is 37.7 Å². The topological polar surface area (TPSA) is 38.3 Å². The summed E-state index contributed by atoms with van der Waals surface area (Å²) in [5.74, 6) is 0.890. The van der Waals surface area contributed by atoms with Gasteiger partial charge in [-0.15, -0.1) is 0 Å². The average molecular weight is 294 g/mol. The summed E-state index contributed by atoms with van der Waals surface area (Å²) in [6, 6.07) is 5.96. The van der Waals surface area contributed by atoms with Gasteiger partial charge in [0.05, 0.1) is 5.92 Å². The molecule has 1 heterocycles. The molecule has 20 heavy (non-hydrogen) atoms. The second kappa shape index (κ2) is 6.04. The maximum absolute atomic E-state index is 12.3. The first-order valence-electron chi connectivity index (χ1n) is 7.44. The highest BCUT2D eigenvalue weighted by atomic mass is 35.5. The molecule has 0 aromatic heterocycles. The highest BCUT2D eigenvalue weighted by Gasteiger charge is 2.28. The van der Waals surface area contributed by atoms with Gasteiger partial charge in [-0.3, -0.25) is 4.79 Å². The molecule has 0 unspecified atom stereocenters. The Morgan fingerprint density at radius 1 is 1.25 bits per heavy atom. The van der Waals surface area contributed by atoms with Crippen LogP contribution in [0.4, 0.5) is 0 Å². The fraction of sp³-hybridized carbons (Fsp3) is 0.562. The van der Waals surface area contributed by atoms with E-state index in [1.165, 1.54) is 19.3 Å². The van der Waals surface area contributed by atoms with Crippen molar-refractivity contribution in [3.8, 4) is 5.75 Å². The Morgan fingerprint density at radius 3 is 2.85 bits per heavy atom. The average Bonchev–Trinajstić information content (AvgIpc) is 2.47. The van der Waals surface area contributed by atoms with Crippen molar-refractivity contribution in [3.63, 3.8) is 0 Å². The summed E-state index contributed by atoms with van der Waals surface area (Å²) in [6.07, 6.45) is 6.69. The number of hydrogen-bond acceptors (Lipinski definition) is 2. The molecule has 108 valence electrons. The van der Waals surface area contributed by atoms with Gasteiger partial charge in [0, 0.05) is 11.1 Å². The van der Waals surface area contributed by atoms with Gasteiger partial charge in [-0.05, 0) is 43.0 Å². The molecule has 3 rings (SSSR count). The minimum Gasteiger partial charge on any atom is -0.492 e. The maximum Gasteiger partial charge on any atom is 0.227 e. The lowest BCUT2D eigenvalue weighted by Crippen LogP contribution is -2.43.